The van der Waals surface area contributed by atoms with Gasteiger partial charge in [-0.3, -0.25) is 14.2 Å². The molecule has 4 aromatic rings. The summed E-state index contributed by atoms with van der Waals surface area (Å²) in [5, 5.41) is 12.0. The molecular formula is C24H22N6O2. The SMILES string of the molecule is O=C(Cn1cnc2ccccc2c1=O)Nc1ccc(-c2ccc(N3CCCC3)nn2)cc1. The fraction of sp³-hybridized carbons (Fsp3) is 0.208. The van der Waals surface area contributed by atoms with Crippen LogP contribution in [0.15, 0.2) is 71.8 Å². The quantitative estimate of drug-likeness (QED) is 0.527. The van der Waals surface area contributed by atoms with E-state index in [1.807, 2.05) is 42.5 Å². The Hall–Kier alpha value is -4.07. The highest BCUT2D eigenvalue weighted by atomic mass is 16.2. The molecule has 1 saturated heterocycles. The largest absolute Gasteiger partial charge is 0.355 e. The molecule has 0 radical (unpaired) electrons. The van der Waals surface area contributed by atoms with Gasteiger partial charge in [0.15, 0.2) is 5.82 Å². The predicted molar refractivity (Wildman–Crippen MR) is 124 cm³/mol. The number of carbonyl (C=O) groups excluding carboxylic acids is 1. The predicted octanol–water partition coefficient (Wildman–Crippen LogP) is 3.09. The van der Waals surface area contributed by atoms with Crippen molar-refractivity contribution in [3.8, 4) is 11.3 Å². The van der Waals surface area contributed by atoms with Crippen LogP contribution in [0.25, 0.3) is 22.2 Å². The molecular weight excluding hydrogens is 404 g/mol. The van der Waals surface area contributed by atoms with Gasteiger partial charge in [-0.15, -0.1) is 10.2 Å². The third-order valence-electron chi connectivity index (χ3n) is 5.59. The van der Waals surface area contributed by atoms with Crippen molar-refractivity contribution in [3.05, 3.63) is 77.3 Å². The number of amides is 1. The number of nitrogens with zero attached hydrogens (tertiary/aromatic N) is 5. The number of hydrogen-bond donors (Lipinski definition) is 1. The molecule has 0 unspecified atom stereocenters. The summed E-state index contributed by atoms with van der Waals surface area (Å²) < 4.78 is 1.31. The van der Waals surface area contributed by atoms with E-state index in [1.54, 1.807) is 18.2 Å². The third kappa shape index (κ3) is 4.07. The number of nitrogens with one attached hydrogen (secondary N) is 1. The van der Waals surface area contributed by atoms with E-state index in [2.05, 4.69) is 25.4 Å². The van der Waals surface area contributed by atoms with E-state index in [-0.39, 0.29) is 18.0 Å². The van der Waals surface area contributed by atoms with Gasteiger partial charge in [-0.2, -0.15) is 0 Å². The molecule has 1 aliphatic heterocycles. The van der Waals surface area contributed by atoms with Gasteiger partial charge < -0.3 is 10.2 Å². The maximum absolute atomic E-state index is 12.6. The molecule has 5 rings (SSSR count). The minimum atomic E-state index is -0.299. The van der Waals surface area contributed by atoms with Crippen LogP contribution in [-0.2, 0) is 11.3 Å². The fourth-order valence-corrected chi connectivity index (χ4v) is 3.89. The van der Waals surface area contributed by atoms with Gasteiger partial charge in [-0.25, -0.2) is 4.98 Å². The van der Waals surface area contributed by atoms with E-state index < -0.39 is 0 Å². The summed E-state index contributed by atoms with van der Waals surface area (Å²) in [6, 6.07) is 18.4. The van der Waals surface area contributed by atoms with Crippen molar-refractivity contribution < 1.29 is 4.79 Å². The molecule has 0 atom stereocenters. The topological polar surface area (TPSA) is 93.0 Å². The number of carbonyl (C=O) groups is 1. The van der Waals surface area contributed by atoms with Gasteiger partial charge >= 0.3 is 0 Å². The molecule has 160 valence electrons. The fourth-order valence-electron chi connectivity index (χ4n) is 3.89. The molecule has 8 nitrogen and oxygen atoms in total. The van der Waals surface area contributed by atoms with Gasteiger partial charge in [-0.1, -0.05) is 24.3 Å². The third-order valence-corrected chi connectivity index (χ3v) is 5.59. The van der Waals surface area contributed by atoms with Gasteiger partial charge in [-0.05, 0) is 49.2 Å². The van der Waals surface area contributed by atoms with Crippen molar-refractivity contribution in [2.24, 2.45) is 0 Å². The molecule has 2 aromatic carbocycles. The van der Waals surface area contributed by atoms with Crippen molar-refractivity contribution in [3.63, 3.8) is 0 Å². The second-order valence-electron chi connectivity index (χ2n) is 7.79. The minimum Gasteiger partial charge on any atom is -0.355 e. The van der Waals surface area contributed by atoms with Crippen molar-refractivity contribution in [2.75, 3.05) is 23.3 Å². The van der Waals surface area contributed by atoms with E-state index in [4.69, 9.17) is 0 Å². The summed E-state index contributed by atoms with van der Waals surface area (Å²) in [6.45, 7) is 1.95. The Labute approximate surface area is 184 Å². The Kier molecular flexibility index (Phi) is 5.33. The zero-order chi connectivity index (χ0) is 21.9. The highest BCUT2D eigenvalue weighted by molar-refractivity contribution is 5.91. The lowest BCUT2D eigenvalue weighted by Gasteiger charge is -2.15. The number of hydrogen-bond acceptors (Lipinski definition) is 6. The van der Waals surface area contributed by atoms with Crippen LogP contribution in [0.3, 0.4) is 0 Å². The van der Waals surface area contributed by atoms with Crippen molar-refractivity contribution in [1.29, 1.82) is 0 Å². The number of aromatic nitrogens is 4. The molecule has 1 aliphatic rings. The first-order valence-electron chi connectivity index (χ1n) is 10.6. The first kappa shape index (κ1) is 19.9. The first-order valence-corrected chi connectivity index (χ1v) is 10.6. The van der Waals surface area contributed by atoms with Crippen LogP contribution in [-0.4, -0.2) is 38.7 Å². The van der Waals surface area contributed by atoms with Crippen LogP contribution in [0.4, 0.5) is 11.5 Å². The van der Waals surface area contributed by atoms with Crippen LogP contribution in [0.1, 0.15) is 12.8 Å². The summed E-state index contributed by atoms with van der Waals surface area (Å²) in [5.41, 5.74) is 2.71. The smallest absolute Gasteiger partial charge is 0.261 e. The maximum Gasteiger partial charge on any atom is 0.261 e. The highest BCUT2D eigenvalue weighted by Gasteiger charge is 2.14. The van der Waals surface area contributed by atoms with Crippen LogP contribution < -0.4 is 15.8 Å². The van der Waals surface area contributed by atoms with Gasteiger partial charge in [0.2, 0.25) is 5.91 Å². The van der Waals surface area contributed by atoms with Crippen LogP contribution >= 0.6 is 0 Å². The molecule has 1 N–H and O–H groups in total. The summed E-state index contributed by atoms with van der Waals surface area (Å²) >= 11 is 0. The maximum atomic E-state index is 12.6. The van der Waals surface area contributed by atoms with Crippen LogP contribution in [0, 0.1) is 0 Å². The average Bonchev–Trinajstić information content (AvgIpc) is 3.37. The normalized spacial score (nSPS) is 13.4. The van der Waals surface area contributed by atoms with Crippen LogP contribution in [0.2, 0.25) is 0 Å². The second kappa shape index (κ2) is 8.58. The Morgan fingerprint density at radius 1 is 0.938 bits per heavy atom. The highest BCUT2D eigenvalue weighted by Crippen LogP contribution is 2.22. The molecule has 8 heteroatoms. The molecule has 0 spiro atoms. The van der Waals surface area contributed by atoms with Crippen molar-refractivity contribution in [2.45, 2.75) is 19.4 Å². The van der Waals surface area contributed by atoms with E-state index in [0.717, 1.165) is 30.2 Å². The van der Waals surface area contributed by atoms with Gasteiger partial charge in [0, 0.05) is 24.3 Å². The summed E-state index contributed by atoms with van der Waals surface area (Å²) in [5.74, 6) is 0.611. The molecule has 0 bridgehead atoms. The van der Waals surface area contributed by atoms with Gasteiger partial charge in [0.05, 0.1) is 22.9 Å². The summed E-state index contributed by atoms with van der Waals surface area (Å²) in [7, 11) is 0. The Morgan fingerprint density at radius 2 is 1.72 bits per heavy atom. The molecule has 0 aliphatic carbocycles. The van der Waals surface area contributed by atoms with Crippen molar-refractivity contribution >= 4 is 28.3 Å². The lowest BCUT2D eigenvalue weighted by Crippen LogP contribution is -2.27. The van der Waals surface area contributed by atoms with E-state index in [9.17, 15) is 9.59 Å². The number of benzene rings is 2. The molecule has 3 heterocycles. The summed E-state index contributed by atoms with van der Waals surface area (Å²) in [4.78, 5) is 31.5. The first-order chi connectivity index (χ1) is 15.7. The lowest BCUT2D eigenvalue weighted by atomic mass is 10.1. The van der Waals surface area contributed by atoms with Crippen LogP contribution in [0.5, 0.6) is 0 Å². The van der Waals surface area contributed by atoms with E-state index in [1.165, 1.54) is 23.7 Å². The summed E-state index contributed by atoms with van der Waals surface area (Å²) in [6.07, 6.45) is 3.79. The lowest BCUT2D eigenvalue weighted by molar-refractivity contribution is -0.116. The van der Waals surface area contributed by atoms with Gasteiger partial charge in [0.25, 0.3) is 5.56 Å². The molecule has 32 heavy (non-hydrogen) atoms. The Morgan fingerprint density at radius 3 is 2.47 bits per heavy atom. The Balaban J connectivity index is 1.25. The van der Waals surface area contributed by atoms with Crippen molar-refractivity contribution in [1.82, 2.24) is 19.7 Å². The molecule has 0 saturated carbocycles. The number of rotatable bonds is 5. The average molecular weight is 426 g/mol. The molecule has 1 fully saturated rings. The molecule has 2 aromatic heterocycles. The van der Waals surface area contributed by atoms with E-state index >= 15 is 0 Å². The Bertz CT molecular complexity index is 1310. The number of anilines is 2. The number of fused-ring (bicyclic) bond motifs is 1. The van der Waals surface area contributed by atoms with E-state index in [0.29, 0.717) is 16.6 Å². The second-order valence-corrected chi connectivity index (χ2v) is 7.79. The molecule has 1 amide bonds. The standard InChI is InChI=1S/C24H22N6O2/c31-23(15-30-16-25-21-6-2-1-5-19(21)24(30)32)26-18-9-7-17(8-10-18)20-11-12-22(28-27-20)29-13-3-4-14-29/h1-2,5-12,16H,3-4,13-15H2,(H,26,31). The monoisotopic (exact) mass is 426 g/mol. The zero-order valence-electron chi connectivity index (χ0n) is 17.4. The minimum absolute atomic E-state index is 0.109. The van der Waals surface area contributed by atoms with Gasteiger partial charge in [0.1, 0.15) is 6.54 Å². The zero-order valence-corrected chi connectivity index (χ0v) is 17.4. The number of para-hydroxylation sites is 1.